The molecule has 0 bridgehead atoms. The second kappa shape index (κ2) is 6.07. The number of carboxylic acids is 1. The zero-order valence-corrected chi connectivity index (χ0v) is 14.2. The molecular weight excluding hydrogens is 410 g/mol. The number of anilines is 1. The van der Waals surface area contributed by atoms with E-state index in [-0.39, 0.29) is 11.5 Å². The minimum atomic E-state index is -1.06. The molecule has 7 heteroatoms. The number of hydrogen-bond donors (Lipinski definition) is 2. The predicted octanol–water partition coefficient (Wildman–Crippen LogP) is 4.53. The van der Waals surface area contributed by atoms with Gasteiger partial charge >= 0.3 is 5.97 Å². The molecule has 0 aliphatic heterocycles. The topological polar surface area (TPSA) is 66.4 Å². The van der Waals surface area contributed by atoms with Crippen LogP contribution < -0.4 is 5.32 Å². The average Bonchev–Trinajstić information content (AvgIpc) is 2.70. The van der Waals surface area contributed by atoms with Gasteiger partial charge in [-0.3, -0.25) is 4.79 Å². The third-order valence-corrected chi connectivity index (χ3v) is 4.60. The Morgan fingerprint density at radius 3 is 2.50 bits per heavy atom. The van der Waals surface area contributed by atoms with Crippen molar-refractivity contribution in [2.24, 2.45) is 0 Å². The van der Waals surface area contributed by atoms with Gasteiger partial charge in [0, 0.05) is 13.8 Å². The Balaban J connectivity index is 2.30. The van der Waals surface area contributed by atoms with Crippen molar-refractivity contribution in [3.05, 3.63) is 49.2 Å². The second-order valence-electron chi connectivity index (χ2n) is 3.98. The number of aromatic carboxylic acids is 1. The molecule has 0 atom stereocenters. The van der Waals surface area contributed by atoms with Crippen molar-refractivity contribution in [3.63, 3.8) is 0 Å². The van der Waals surface area contributed by atoms with E-state index in [0.717, 1.165) is 9.35 Å². The Bertz CT molecular complexity index is 697. The van der Waals surface area contributed by atoms with E-state index in [4.69, 9.17) is 5.11 Å². The summed E-state index contributed by atoms with van der Waals surface area (Å²) in [5.74, 6) is -1.41. The van der Waals surface area contributed by atoms with Crippen LogP contribution in [0.25, 0.3) is 0 Å². The van der Waals surface area contributed by atoms with Crippen LogP contribution in [0, 0.1) is 6.92 Å². The van der Waals surface area contributed by atoms with E-state index < -0.39 is 5.97 Å². The van der Waals surface area contributed by atoms with E-state index >= 15 is 0 Å². The second-order valence-corrected chi connectivity index (χ2v) is 7.01. The highest BCUT2D eigenvalue weighted by Gasteiger charge is 2.18. The molecule has 4 nitrogen and oxygen atoms in total. The molecule has 0 saturated heterocycles. The molecule has 0 unspecified atom stereocenters. The van der Waals surface area contributed by atoms with Gasteiger partial charge in [-0.25, -0.2) is 4.79 Å². The van der Waals surface area contributed by atoms with Crippen LogP contribution in [0.1, 0.15) is 25.6 Å². The fourth-order valence-electron chi connectivity index (χ4n) is 1.61. The minimum Gasteiger partial charge on any atom is -0.478 e. The number of carbonyl (C=O) groups excluding carboxylic acids is 1. The first kappa shape index (κ1) is 15.2. The van der Waals surface area contributed by atoms with E-state index in [9.17, 15) is 9.59 Å². The summed E-state index contributed by atoms with van der Waals surface area (Å²) in [4.78, 5) is 24.1. The summed E-state index contributed by atoms with van der Waals surface area (Å²) < 4.78 is 1.48. The van der Waals surface area contributed by atoms with Crippen LogP contribution in [0.4, 0.5) is 5.00 Å². The van der Waals surface area contributed by atoms with E-state index in [2.05, 4.69) is 37.2 Å². The van der Waals surface area contributed by atoms with Crippen LogP contribution >= 0.6 is 43.2 Å². The highest BCUT2D eigenvalue weighted by Crippen LogP contribution is 2.29. The molecule has 1 heterocycles. The van der Waals surface area contributed by atoms with Crippen molar-refractivity contribution in [2.45, 2.75) is 6.92 Å². The van der Waals surface area contributed by atoms with Gasteiger partial charge in [-0.05, 0) is 47.1 Å². The summed E-state index contributed by atoms with van der Waals surface area (Å²) in [5.41, 5.74) is 0.546. The van der Waals surface area contributed by atoms with Gasteiger partial charge in [0.15, 0.2) is 0 Å². The van der Waals surface area contributed by atoms with Crippen LogP contribution in [0.3, 0.4) is 0 Å². The Hall–Kier alpha value is -1.18. The third-order valence-electron chi connectivity index (χ3n) is 2.49. The standard InChI is InChI=1S/C13H9Br2NO3S/c1-6-4-9(13(18)19)12(20-6)16-11(17)8-3-2-7(14)5-10(8)15/h2-5H,1H3,(H,16,17)(H,18,19). The maximum absolute atomic E-state index is 12.2. The fraction of sp³-hybridized carbons (Fsp3) is 0.0769. The van der Waals surface area contributed by atoms with Crippen molar-refractivity contribution >= 4 is 60.1 Å². The van der Waals surface area contributed by atoms with E-state index in [1.807, 2.05) is 0 Å². The van der Waals surface area contributed by atoms with Gasteiger partial charge in [-0.2, -0.15) is 0 Å². The molecule has 0 aliphatic carbocycles. The predicted molar refractivity (Wildman–Crippen MR) is 85.8 cm³/mol. The number of hydrogen-bond acceptors (Lipinski definition) is 3. The molecule has 0 radical (unpaired) electrons. The van der Waals surface area contributed by atoms with Gasteiger partial charge < -0.3 is 10.4 Å². The van der Waals surface area contributed by atoms with Crippen molar-refractivity contribution in [1.29, 1.82) is 0 Å². The summed E-state index contributed by atoms with van der Waals surface area (Å²) in [5, 5.41) is 12.1. The highest BCUT2D eigenvalue weighted by molar-refractivity contribution is 9.11. The van der Waals surface area contributed by atoms with Gasteiger partial charge in [0.05, 0.1) is 11.1 Å². The number of carbonyl (C=O) groups is 2. The van der Waals surface area contributed by atoms with Crippen LogP contribution in [-0.4, -0.2) is 17.0 Å². The lowest BCUT2D eigenvalue weighted by Crippen LogP contribution is -2.13. The number of halogens is 2. The van der Waals surface area contributed by atoms with Crippen LogP contribution in [0.2, 0.25) is 0 Å². The van der Waals surface area contributed by atoms with Crippen LogP contribution in [0.5, 0.6) is 0 Å². The van der Waals surface area contributed by atoms with E-state index in [1.54, 1.807) is 31.2 Å². The quantitative estimate of drug-likeness (QED) is 0.769. The number of amides is 1. The zero-order valence-electron chi connectivity index (χ0n) is 10.2. The maximum Gasteiger partial charge on any atom is 0.338 e. The number of carboxylic acid groups (broad SMARTS) is 1. The molecule has 0 saturated carbocycles. The van der Waals surface area contributed by atoms with Crippen molar-refractivity contribution in [1.82, 2.24) is 0 Å². The van der Waals surface area contributed by atoms with Crippen molar-refractivity contribution < 1.29 is 14.7 Å². The summed E-state index contributed by atoms with van der Waals surface area (Å²) >= 11 is 7.86. The number of nitrogens with one attached hydrogen (secondary N) is 1. The highest BCUT2D eigenvalue weighted by atomic mass is 79.9. The lowest BCUT2D eigenvalue weighted by atomic mass is 10.2. The first-order valence-corrected chi connectivity index (χ1v) is 7.89. The van der Waals surface area contributed by atoms with Gasteiger partial charge in [-0.15, -0.1) is 11.3 Å². The first-order valence-electron chi connectivity index (χ1n) is 5.48. The molecule has 2 aromatic rings. The molecule has 1 aromatic carbocycles. The Kier molecular flexibility index (Phi) is 4.62. The zero-order chi connectivity index (χ0) is 14.9. The normalized spacial score (nSPS) is 10.3. The fourth-order valence-corrected chi connectivity index (χ4v) is 3.74. The molecule has 20 heavy (non-hydrogen) atoms. The van der Waals surface area contributed by atoms with Gasteiger partial charge in [0.1, 0.15) is 5.00 Å². The van der Waals surface area contributed by atoms with E-state index in [0.29, 0.717) is 15.0 Å². The minimum absolute atomic E-state index is 0.106. The monoisotopic (exact) mass is 417 g/mol. The Labute approximate surface area is 136 Å². The third kappa shape index (κ3) is 3.28. The molecule has 1 aromatic heterocycles. The van der Waals surface area contributed by atoms with Gasteiger partial charge in [-0.1, -0.05) is 15.9 Å². The molecule has 1 amide bonds. The van der Waals surface area contributed by atoms with Gasteiger partial charge in [0.25, 0.3) is 5.91 Å². The van der Waals surface area contributed by atoms with Crippen LogP contribution in [-0.2, 0) is 0 Å². The molecule has 0 aliphatic rings. The number of thiophene rings is 1. The molecule has 2 rings (SSSR count). The Morgan fingerprint density at radius 2 is 1.90 bits per heavy atom. The molecule has 104 valence electrons. The largest absolute Gasteiger partial charge is 0.478 e. The van der Waals surface area contributed by atoms with Crippen molar-refractivity contribution in [3.8, 4) is 0 Å². The first-order chi connectivity index (χ1) is 9.38. The molecule has 0 spiro atoms. The lowest BCUT2D eigenvalue weighted by molar-refractivity contribution is 0.0698. The lowest BCUT2D eigenvalue weighted by Gasteiger charge is -2.06. The smallest absolute Gasteiger partial charge is 0.338 e. The molecule has 0 fully saturated rings. The molecular formula is C13H9Br2NO3S. The average molecular weight is 419 g/mol. The summed E-state index contributed by atoms with van der Waals surface area (Å²) in [7, 11) is 0. The van der Waals surface area contributed by atoms with Gasteiger partial charge in [0.2, 0.25) is 0 Å². The number of rotatable bonds is 3. The van der Waals surface area contributed by atoms with Crippen LogP contribution in [0.15, 0.2) is 33.2 Å². The number of aryl methyl sites for hydroxylation is 1. The van der Waals surface area contributed by atoms with Crippen molar-refractivity contribution in [2.75, 3.05) is 5.32 Å². The summed E-state index contributed by atoms with van der Waals surface area (Å²) in [6.45, 7) is 1.79. The van der Waals surface area contributed by atoms with E-state index in [1.165, 1.54) is 11.3 Å². The summed E-state index contributed by atoms with van der Waals surface area (Å²) in [6, 6.07) is 6.70. The summed E-state index contributed by atoms with van der Waals surface area (Å²) in [6.07, 6.45) is 0. The Morgan fingerprint density at radius 1 is 1.20 bits per heavy atom. The maximum atomic E-state index is 12.2. The molecule has 2 N–H and O–H groups in total. The number of benzene rings is 1. The SMILES string of the molecule is Cc1cc(C(=O)O)c(NC(=O)c2ccc(Br)cc2Br)s1.